The molecule has 30 heavy (non-hydrogen) atoms. The van der Waals surface area contributed by atoms with Crippen LogP contribution in [0.15, 0.2) is 42.7 Å². The lowest BCUT2D eigenvalue weighted by atomic mass is 10.0. The van der Waals surface area contributed by atoms with Gasteiger partial charge in [0.15, 0.2) is 12.4 Å². The van der Waals surface area contributed by atoms with E-state index in [9.17, 15) is 5.11 Å². The minimum Gasteiger partial charge on any atom is -0.508 e. The number of pyridine rings is 1. The fourth-order valence-corrected chi connectivity index (χ4v) is 4.75. The maximum atomic E-state index is 9.64. The molecule has 5 heteroatoms. The Morgan fingerprint density at radius 3 is 3.00 bits per heavy atom. The number of nitrogens with one attached hydrogen (secondary N) is 1. The molecule has 2 aliphatic rings. The highest BCUT2D eigenvalue weighted by Crippen LogP contribution is 2.31. The number of fused-ring (bicyclic) bond motifs is 1. The molecule has 0 radical (unpaired) electrons. The second-order valence-electron chi connectivity index (χ2n) is 8.85. The van der Waals surface area contributed by atoms with Crippen LogP contribution in [0.3, 0.4) is 0 Å². The van der Waals surface area contributed by atoms with E-state index in [0.29, 0.717) is 6.04 Å². The molecular weight excluding hydrogens is 374 g/mol. The second-order valence-corrected chi connectivity index (χ2v) is 8.85. The van der Waals surface area contributed by atoms with Crippen molar-refractivity contribution >= 4 is 0 Å². The van der Waals surface area contributed by atoms with E-state index in [0.717, 1.165) is 38.2 Å². The van der Waals surface area contributed by atoms with E-state index >= 15 is 0 Å². The molecule has 0 aliphatic carbocycles. The molecule has 0 bridgehead atoms. The highest BCUT2D eigenvalue weighted by atomic mass is 16.5. The molecular formula is C25H36N3O2+. The lowest BCUT2D eigenvalue weighted by molar-refractivity contribution is -0.697. The van der Waals surface area contributed by atoms with Crippen molar-refractivity contribution in [1.29, 1.82) is 0 Å². The number of phenolic OH excluding ortho intramolecular Hbond substituents is 1. The van der Waals surface area contributed by atoms with Crippen LogP contribution in [-0.4, -0.2) is 42.8 Å². The number of phenols is 1. The number of hydrogen-bond acceptors (Lipinski definition) is 4. The van der Waals surface area contributed by atoms with Crippen LogP contribution in [0, 0.1) is 0 Å². The first-order valence-corrected chi connectivity index (χ1v) is 11.6. The van der Waals surface area contributed by atoms with E-state index in [2.05, 4.69) is 46.4 Å². The van der Waals surface area contributed by atoms with Crippen molar-refractivity contribution in [2.75, 3.05) is 26.7 Å². The fraction of sp³-hybridized carbons (Fsp3) is 0.560. The molecule has 1 aromatic heterocycles. The Balaban J connectivity index is 1.11. The van der Waals surface area contributed by atoms with Crippen molar-refractivity contribution in [3.05, 3.63) is 53.9 Å². The zero-order valence-corrected chi connectivity index (χ0v) is 18.2. The average Bonchev–Trinajstić information content (AvgIpc) is 3.19. The summed E-state index contributed by atoms with van der Waals surface area (Å²) in [5.74, 6) is 1.12. The largest absolute Gasteiger partial charge is 0.508 e. The molecule has 0 saturated carbocycles. The van der Waals surface area contributed by atoms with E-state index in [4.69, 9.17) is 4.74 Å². The van der Waals surface area contributed by atoms with E-state index in [1.165, 1.54) is 49.8 Å². The van der Waals surface area contributed by atoms with E-state index in [1.807, 2.05) is 6.07 Å². The number of aromatic nitrogens is 1. The zero-order chi connectivity index (χ0) is 20.8. The molecule has 0 amide bonds. The Morgan fingerprint density at radius 1 is 1.20 bits per heavy atom. The number of rotatable bonds is 9. The molecule has 2 aromatic rings. The number of likely N-dealkylation sites (tertiary alicyclic amines) is 1. The van der Waals surface area contributed by atoms with Crippen LogP contribution in [0.4, 0.5) is 0 Å². The molecule has 2 aliphatic heterocycles. The molecule has 3 heterocycles. The van der Waals surface area contributed by atoms with Crippen LogP contribution < -0.4 is 14.6 Å². The van der Waals surface area contributed by atoms with Crippen LogP contribution >= 0.6 is 0 Å². The van der Waals surface area contributed by atoms with Gasteiger partial charge >= 0.3 is 0 Å². The van der Waals surface area contributed by atoms with Gasteiger partial charge in [0, 0.05) is 36.7 Å². The fourth-order valence-electron chi connectivity index (χ4n) is 4.75. The van der Waals surface area contributed by atoms with E-state index in [1.54, 1.807) is 12.1 Å². The first kappa shape index (κ1) is 21.1. The predicted molar refractivity (Wildman–Crippen MR) is 119 cm³/mol. The number of aromatic hydroxyl groups is 1. The van der Waals surface area contributed by atoms with Crippen LogP contribution in [0.5, 0.6) is 11.5 Å². The first-order valence-electron chi connectivity index (χ1n) is 11.6. The maximum Gasteiger partial charge on any atom is 0.173 e. The standard InChI is InChI=1S/C25H35N3O2/c1-27-14-6-8-24(27)21-7-5-16-28(19-21)15-4-2-3-13-26-18-23-12-10-20-9-11-22(29)17-25(20)30-23/h5,7,9,11,16-17,19,23-24,26H,2-4,6,8,10,12-15,18H2,1H3/p+1/t23?,24-/m0/s1. The Bertz CT molecular complexity index is 826. The highest BCUT2D eigenvalue weighted by molar-refractivity contribution is 5.41. The van der Waals surface area contributed by atoms with Crippen molar-refractivity contribution in [1.82, 2.24) is 10.2 Å². The molecule has 2 N–H and O–H groups in total. The number of ether oxygens (including phenoxy) is 1. The summed E-state index contributed by atoms with van der Waals surface area (Å²) < 4.78 is 8.39. The number of aryl methyl sites for hydroxylation is 2. The van der Waals surface area contributed by atoms with Gasteiger partial charge in [0.25, 0.3) is 0 Å². The molecule has 0 spiro atoms. The average molecular weight is 411 g/mol. The van der Waals surface area contributed by atoms with Gasteiger partial charge in [-0.15, -0.1) is 0 Å². The van der Waals surface area contributed by atoms with Crippen LogP contribution in [0.1, 0.15) is 55.7 Å². The summed E-state index contributed by atoms with van der Waals surface area (Å²) >= 11 is 0. The van der Waals surface area contributed by atoms with E-state index < -0.39 is 0 Å². The maximum absolute atomic E-state index is 9.64. The summed E-state index contributed by atoms with van der Waals surface area (Å²) in [7, 11) is 2.24. The third-order valence-corrected chi connectivity index (χ3v) is 6.51. The Labute approximate surface area is 180 Å². The lowest BCUT2D eigenvalue weighted by Crippen LogP contribution is -2.35. The molecule has 1 unspecified atom stereocenters. The number of hydrogen-bond donors (Lipinski definition) is 2. The third-order valence-electron chi connectivity index (χ3n) is 6.51. The molecule has 4 rings (SSSR count). The summed E-state index contributed by atoms with van der Waals surface area (Å²) in [5, 5.41) is 13.2. The van der Waals surface area contributed by atoms with Crippen molar-refractivity contribution in [3.8, 4) is 11.5 Å². The van der Waals surface area contributed by atoms with Gasteiger partial charge in [-0.2, -0.15) is 0 Å². The van der Waals surface area contributed by atoms with Gasteiger partial charge in [-0.05, 0) is 76.4 Å². The summed E-state index contributed by atoms with van der Waals surface area (Å²) in [6.45, 7) is 4.22. The second kappa shape index (κ2) is 10.3. The monoisotopic (exact) mass is 410 g/mol. The number of nitrogens with zero attached hydrogens (tertiary/aromatic N) is 2. The minimum atomic E-state index is 0.200. The summed E-state index contributed by atoms with van der Waals surface area (Å²) in [4.78, 5) is 2.47. The molecule has 162 valence electrons. The SMILES string of the molecule is CN1CCC[C@H]1c1ccc[n+](CCCCCNCC2CCc3ccc(O)cc3O2)c1. The number of benzene rings is 1. The van der Waals surface area contributed by atoms with Crippen LogP contribution in [0.25, 0.3) is 0 Å². The third kappa shape index (κ3) is 5.52. The van der Waals surface area contributed by atoms with Gasteiger partial charge in [-0.1, -0.05) is 6.07 Å². The smallest absolute Gasteiger partial charge is 0.173 e. The quantitative estimate of drug-likeness (QED) is 0.490. The normalized spacial score (nSPS) is 21.4. The van der Waals surface area contributed by atoms with Gasteiger partial charge in [0.2, 0.25) is 0 Å². The van der Waals surface area contributed by atoms with Gasteiger partial charge in [0.05, 0.1) is 0 Å². The Hall–Kier alpha value is -2.11. The van der Waals surface area contributed by atoms with E-state index in [-0.39, 0.29) is 11.9 Å². The molecule has 1 aromatic carbocycles. The Morgan fingerprint density at radius 2 is 2.13 bits per heavy atom. The van der Waals surface area contributed by atoms with Crippen molar-refractivity contribution in [2.24, 2.45) is 0 Å². The summed E-state index contributed by atoms with van der Waals surface area (Å²) in [6, 6.07) is 10.5. The summed E-state index contributed by atoms with van der Waals surface area (Å²) in [5.41, 5.74) is 2.66. The molecule has 1 saturated heterocycles. The molecule has 5 nitrogen and oxygen atoms in total. The molecule has 1 fully saturated rings. The van der Waals surface area contributed by atoms with Crippen molar-refractivity contribution in [3.63, 3.8) is 0 Å². The zero-order valence-electron chi connectivity index (χ0n) is 18.2. The number of unbranched alkanes of at least 4 members (excludes halogenated alkanes) is 2. The highest BCUT2D eigenvalue weighted by Gasteiger charge is 2.24. The van der Waals surface area contributed by atoms with Crippen LogP contribution in [0.2, 0.25) is 0 Å². The molecule has 2 atom stereocenters. The Kier molecular flexibility index (Phi) is 7.24. The van der Waals surface area contributed by atoms with Crippen molar-refractivity contribution < 1.29 is 14.4 Å². The van der Waals surface area contributed by atoms with Crippen LogP contribution in [-0.2, 0) is 13.0 Å². The predicted octanol–water partition coefficient (Wildman–Crippen LogP) is 3.60. The lowest BCUT2D eigenvalue weighted by Gasteiger charge is -2.26. The topological polar surface area (TPSA) is 48.6 Å². The van der Waals surface area contributed by atoms with Gasteiger partial charge in [0.1, 0.15) is 24.1 Å². The summed E-state index contributed by atoms with van der Waals surface area (Å²) in [6.07, 6.45) is 13.0. The van der Waals surface area contributed by atoms with Crippen molar-refractivity contribution in [2.45, 2.75) is 63.6 Å². The van der Waals surface area contributed by atoms with Gasteiger partial charge < -0.3 is 15.2 Å². The van der Waals surface area contributed by atoms with Gasteiger partial charge in [-0.3, -0.25) is 4.90 Å². The minimum absolute atomic E-state index is 0.200. The first-order chi connectivity index (χ1) is 14.7. The van der Waals surface area contributed by atoms with Gasteiger partial charge in [-0.25, -0.2) is 4.57 Å².